The zero-order valence-electron chi connectivity index (χ0n) is 10.6. The average Bonchev–Trinajstić information content (AvgIpc) is 2.67. The number of hydrogen-bond donors (Lipinski definition) is 0. The summed E-state index contributed by atoms with van der Waals surface area (Å²) in [5, 5.41) is 1.12. The lowest BCUT2D eigenvalue weighted by molar-refractivity contribution is 0.111. The first-order chi connectivity index (χ1) is 8.21. The molecule has 2 rings (SSSR count). The predicted molar refractivity (Wildman–Crippen MR) is 71.9 cm³/mol. The molecule has 0 amide bonds. The molecular formula is C14H18N2O. The Morgan fingerprint density at radius 2 is 1.94 bits per heavy atom. The lowest BCUT2D eigenvalue weighted by atomic mass is 10.2. The van der Waals surface area contributed by atoms with Gasteiger partial charge >= 0.3 is 0 Å². The molecule has 0 aliphatic carbocycles. The van der Waals surface area contributed by atoms with Crippen LogP contribution in [0.15, 0.2) is 24.3 Å². The van der Waals surface area contributed by atoms with Crippen molar-refractivity contribution in [3.8, 4) is 0 Å². The highest BCUT2D eigenvalue weighted by atomic mass is 16.1. The van der Waals surface area contributed by atoms with Crippen LogP contribution in [0.5, 0.6) is 0 Å². The first-order valence-corrected chi connectivity index (χ1v) is 6.00. The summed E-state index contributed by atoms with van der Waals surface area (Å²) >= 11 is 0. The third-order valence-corrected chi connectivity index (χ3v) is 3.31. The Morgan fingerprint density at radius 1 is 1.24 bits per heavy atom. The van der Waals surface area contributed by atoms with Crippen molar-refractivity contribution < 1.29 is 4.79 Å². The first-order valence-electron chi connectivity index (χ1n) is 6.00. The fourth-order valence-electron chi connectivity index (χ4n) is 2.26. The molecule has 0 aliphatic rings. The van der Waals surface area contributed by atoms with E-state index in [-0.39, 0.29) is 0 Å². The maximum atomic E-state index is 10.9. The Hall–Kier alpha value is -1.77. The first kappa shape index (κ1) is 11.7. The van der Waals surface area contributed by atoms with E-state index in [2.05, 4.69) is 36.9 Å². The molecule has 3 nitrogen and oxygen atoms in total. The number of aldehydes is 1. The van der Waals surface area contributed by atoms with Gasteiger partial charge in [-0.2, -0.15) is 0 Å². The van der Waals surface area contributed by atoms with Gasteiger partial charge in [-0.25, -0.2) is 0 Å². The molecule has 0 spiro atoms. The van der Waals surface area contributed by atoms with E-state index in [4.69, 9.17) is 0 Å². The number of nitrogens with zero attached hydrogens (tertiary/aromatic N) is 2. The molecule has 1 aromatic carbocycles. The van der Waals surface area contributed by atoms with Crippen molar-refractivity contribution in [1.82, 2.24) is 4.57 Å². The zero-order valence-corrected chi connectivity index (χ0v) is 10.6. The molecule has 0 saturated carbocycles. The van der Waals surface area contributed by atoms with Crippen molar-refractivity contribution >= 4 is 22.9 Å². The van der Waals surface area contributed by atoms with Gasteiger partial charge in [0.1, 0.15) is 0 Å². The number of fused-ring (bicyclic) bond motifs is 1. The van der Waals surface area contributed by atoms with Gasteiger partial charge in [-0.05, 0) is 38.1 Å². The van der Waals surface area contributed by atoms with Crippen LogP contribution in [-0.4, -0.2) is 23.9 Å². The summed E-state index contributed by atoms with van der Waals surface area (Å²) in [5.41, 5.74) is 3.03. The molecule has 3 heteroatoms. The van der Waals surface area contributed by atoms with Crippen molar-refractivity contribution in [1.29, 1.82) is 0 Å². The molecule has 0 radical (unpaired) electrons. The lowest BCUT2D eigenvalue weighted by Gasteiger charge is -2.21. The Kier molecular flexibility index (Phi) is 3.18. The van der Waals surface area contributed by atoms with Gasteiger partial charge in [0, 0.05) is 36.7 Å². The van der Waals surface area contributed by atoms with Crippen LogP contribution in [0, 0.1) is 0 Å². The topological polar surface area (TPSA) is 25.2 Å². The quantitative estimate of drug-likeness (QED) is 0.755. The van der Waals surface area contributed by atoms with Gasteiger partial charge < -0.3 is 9.47 Å². The van der Waals surface area contributed by atoms with E-state index in [1.165, 1.54) is 5.69 Å². The van der Waals surface area contributed by atoms with Gasteiger partial charge in [-0.1, -0.05) is 0 Å². The molecule has 1 aromatic heterocycles. The molecule has 0 bridgehead atoms. The monoisotopic (exact) mass is 230 g/mol. The highest BCUT2D eigenvalue weighted by molar-refractivity contribution is 5.90. The van der Waals surface area contributed by atoms with E-state index in [1.54, 1.807) is 0 Å². The summed E-state index contributed by atoms with van der Waals surface area (Å²) in [4.78, 5) is 13.2. The Morgan fingerprint density at radius 3 is 2.53 bits per heavy atom. The average molecular weight is 230 g/mol. The number of carbonyl (C=O) groups excluding carboxylic acids is 1. The van der Waals surface area contributed by atoms with Crippen LogP contribution < -0.4 is 4.90 Å². The normalized spacial score (nSPS) is 10.8. The van der Waals surface area contributed by atoms with Crippen LogP contribution in [0.3, 0.4) is 0 Å². The van der Waals surface area contributed by atoms with Crippen molar-refractivity contribution in [2.75, 3.05) is 18.0 Å². The molecule has 0 fully saturated rings. The minimum atomic E-state index is 0.719. The molecule has 0 N–H and O–H groups in total. The maximum Gasteiger partial charge on any atom is 0.166 e. The standard InChI is InChI=1S/C14H18N2O/c1-4-16(5-2)12-6-7-14-11(8-12)9-13(10-17)15(14)3/h6-10H,4-5H2,1-3H3. The van der Waals surface area contributed by atoms with Crippen LogP contribution in [0.1, 0.15) is 24.3 Å². The maximum absolute atomic E-state index is 10.9. The van der Waals surface area contributed by atoms with Crippen molar-refractivity contribution in [3.63, 3.8) is 0 Å². The summed E-state index contributed by atoms with van der Waals surface area (Å²) in [6.45, 7) is 6.29. The molecular weight excluding hydrogens is 212 g/mol. The number of anilines is 1. The van der Waals surface area contributed by atoms with Gasteiger partial charge in [0.05, 0.1) is 5.69 Å². The Bertz CT molecular complexity index is 538. The van der Waals surface area contributed by atoms with Gasteiger partial charge in [0.15, 0.2) is 6.29 Å². The number of hydrogen-bond acceptors (Lipinski definition) is 2. The second kappa shape index (κ2) is 4.62. The smallest absolute Gasteiger partial charge is 0.166 e. The van der Waals surface area contributed by atoms with Gasteiger partial charge in [-0.3, -0.25) is 4.79 Å². The summed E-state index contributed by atoms with van der Waals surface area (Å²) in [5.74, 6) is 0. The summed E-state index contributed by atoms with van der Waals surface area (Å²) in [7, 11) is 1.92. The van der Waals surface area contributed by atoms with Crippen molar-refractivity contribution in [3.05, 3.63) is 30.0 Å². The number of carbonyl (C=O) groups is 1. The molecule has 1 heterocycles. The minimum absolute atomic E-state index is 0.719. The third kappa shape index (κ3) is 1.93. The summed E-state index contributed by atoms with van der Waals surface area (Å²) in [6, 6.07) is 8.28. The SMILES string of the molecule is CCN(CC)c1ccc2c(c1)cc(C=O)n2C. The van der Waals surface area contributed by atoms with E-state index >= 15 is 0 Å². The second-order valence-corrected chi connectivity index (χ2v) is 4.16. The Balaban J connectivity index is 2.54. The highest BCUT2D eigenvalue weighted by Crippen LogP contribution is 2.24. The van der Waals surface area contributed by atoms with Gasteiger partial charge in [-0.15, -0.1) is 0 Å². The predicted octanol–water partition coefficient (Wildman–Crippen LogP) is 2.84. The van der Waals surface area contributed by atoms with Crippen LogP contribution in [0.25, 0.3) is 10.9 Å². The van der Waals surface area contributed by atoms with Crippen LogP contribution in [0.4, 0.5) is 5.69 Å². The second-order valence-electron chi connectivity index (χ2n) is 4.16. The molecule has 0 saturated heterocycles. The zero-order chi connectivity index (χ0) is 12.4. The lowest BCUT2D eigenvalue weighted by Crippen LogP contribution is -2.21. The fourth-order valence-corrected chi connectivity index (χ4v) is 2.26. The van der Waals surface area contributed by atoms with Crippen LogP contribution >= 0.6 is 0 Å². The van der Waals surface area contributed by atoms with Gasteiger partial charge in [0.2, 0.25) is 0 Å². The van der Waals surface area contributed by atoms with E-state index < -0.39 is 0 Å². The van der Waals surface area contributed by atoms with E-state index in [1.807, 2.05) is 17.7 Å². The molecule has 2 aromatic rings. The number of aryl methyl sites for hydroxylation is 1. The molecule has 17 heavy (non-hydrogen) atoms. The number of rotatable bonds is 4. The highest BCUT2D eigenvalue weighted by Gasteiger charge is 2.07. The third-order valence-electron chi connectivity index (χ3n) is 3.31. The van der Waals surface area contributed by atoms with Crippen LogP contribution in [-0.2, 0) is 7.05 Å². The summed E-state index contributed by atoms with van der Waals surface area (Å²) in [6.07, 6.45) is 0.900. The van der Waals surface area contributed by atoms with E-state index in [0.29, 0.717) is 0 Å². The molecule has 0 unspecified atom stereocenters. The Labute approximate surface area is 102 Å². The molecule has 0 aliphatic heterocycles. The molecule has 90 valence electrons. The van der Waals surface area contributed by atoms with E-state index in [9.17, 15) is 4.79 Å². The van der Waals surface area contributed by atoms with Crippen molar-refractivity contribution in [2.24, 2.45) is 7.05 Å². The number of benzene rings is 1. The van der Waals surface area contributed by atoms with E-state index in [0.717, 1.165) is 36.0 Å². The molecule has 0 atom stereocenters. The van der Waals surface area contributed by atoms with Crippen LogP contribution in [0.2, 0.25) is 0 Å². The minimum Gasteiger partial charge on any atom is -0.372 e. The van der Waals surface area contributed by atoms with Crippen molar-refractivity contribution in [2.45, 2.75) is 13.8 Å². The largest absolute Gasteiger partial charge is 0.372 e. The summed E-state index contributed by atoms with van der Waals surface area (Å²) < 4.78 is 1.92. The number of aromatic nitrogens is 1. The fraction of sp³-hybridized carbons (Fsp3) is 0.357. The van der Waals surface area contributed by atoms with Gasteiger partial charge in [0.25, 0.3) is 0 Å².